The molecule has 0 radical (unpaired) electrons. The largest absolute Gasteiger partial charge is 0.493 e. The van der Waals surface area contributed by atoms with Gasteiger partial charge in [-0.2, -0.15) is 0 Å². The lowest BCUT2D eigenvalue weighted by molar-refractivity contribution is -0.143. The van der Waals surface area contributed by atoms with Crippen molar-refractivity contribution in [2.75, 3.05) is 27.4 Å². The standard InChI is InChI=1S/C16H15IN2O7S/c1-24-10-4-8(3-9(17)14(10)26-7-13(21)25-2)5-11-15(22)19(6-12(18)20)16(23)27-11/h3-5H,6-7H2,1-2H3,(H2,18,20)/b11-5-. The van der Waals surface area contributed by atoms with Crippen molar-refractivity contribution >= 4 is 63.5 Å². The van der Waals surface area contributed by atoms with E-state index in [1.807, 2.05) is 22.6 Å². The molecule has 0 bridgehead atoms. The van der Waals surface area contributed by atoms with Crippen molar-refractivity contribution in [3.8, 4) is 11.5 Å². The summed E-state index contributed by atoms with van der Waals surface area (Å²) in [5.41, 5.74) is 5.63. The summed E-state index contributed by atoms with van der Waals surface area (Å²) in [4.78, 5) is 47.3. The minimum Gasteiger partial charge on any atom is -0.493 e. The zero-order chi connectivity index (χ0) is 20.1. The van der Waals surface area contributed by atoms with Crippen LogP contribution in [0.25, 0.3) is 6.08 Å². The molecule has 0 aromatic heterocycles. The number of nitrogens with two attached hydrogens (primary N) is 1. The number of esters is 1. The van der Waals surface area contributed by atoms with Gasteiger partial charge in [-0.1, -0.05) is 0 Å². The number of carbonyl (C=O) groups is 4. The normalized spacial score (nSPS) is 15.2. The second-order valence-electron chi connectivity index (χ2n) is 5.13. The summed E-state index contributed by atoms with van der Waals surface area (Å²) in [5.74, 6) is -1.22. The summed E-state index contributed by atoms with van der Waals surface area (Å²) in [6.45, 7) is -0.753. The molecule has 1 fully saturated rings. The molecule has 0 saturated carbocycles. The van der Waals surface area contributed by atoms with E-state index in [1.165, 1.54) is 20.3 Å². The van der Waals surface area contributed by atoms with Crippen molar-refractivity contribution in [1.82, 2.24) is 4.90 Å². The third-order valence-electron chi connectivity index (χ3n) is 3.30. The first-order valence-corrected chi connectivity index (χ1v) is 9.27. The number of methoxy groups -OCH3 is 2. The van der Waals surface area contributed by atoms with E-state index in [1.54, 1.807) is 12.1 Å². The molecule has 0 unspecified atom stereocenters. The van der Waals surface area contributed by atoms with Crippen molar-refractivity contribution in [3.05, 3.63) is 26.2 Å². The zero-order valence-corrected chi connectivity index (χ0v) is 17.3. The molecule has 2 rings (SSSR count). The number of thioether (sulfide) groups is 1. The van der Waals surface area contributed by atoms with Crippen LogP contribution < -0.4 is 15.2 Å². The van der Waals surface area contributed by atoms with Gasteiger partial charge in [0.15, 0.2) is 18.1 Å². The lowest BCUT2D eigenvalue weighted by Gasteiger charge is -2.13. The van der Waals surface area contributed by atoms with Gasteiger partial charge in [-0.05, 0) is 58.1 Å². The van der Waals surface area contributed by atoms with Crippen molar-refractivity contribution in [3.63, 3.8) is 0 Å². The van der Waals surface area contributed by atoms with Crippen molar-refractivity contribution < 1.29 is 33.4 Å². The van der Waals surface area contributed by atoms with Crippen LogP contribution in [0, 0.1) is 3.57 Å². The van der Waals surface area contributed by atoms with Gasteiger partial charge in [-0.15, -0.1) is 0 Å². The fraction of sp³-hybridized carbons (Fsp3) is 0.250. The highest BCUT2D eigenvalue weighted by atomic mass is 127. The Morgan fingerprint density at radius 1 is 1.30 bits per heavy atom. The highest BCUT2D eigenvalue weighted by molar-refractivity contribution is 14.1. The van der Waals surface area contributed by atoms with Crippen molar-refractivity contribution in [1.29, 1.82) is 0 Å². The molecule has 3 amide bonds. The summed E-state index contributed by atoms with van der Waals surface area (Å²) < 4.78 is 15.9. The predicted octanol–water partition coefficient (Wildman–Crippen LogP) is 1.37. The molecule has 27 heavy (non-hydrogen) atoms. The molecule has 11 heteroatoms. The molecule has 0 aliphatic carbocycles. The Balaban J connectivity index is 2.29. The SMILES string of the molecule is COC(=O)COc1c(I)cc(/C=C2\SC(=O)N(CC(N)=O)C2=O)cc1OC. The molecule has 9 nitrogen and oxygen atoms in total. The van der Waals surface area contributed by atoms with E-state index in [4.69, 9.17) is 15.2 Å². The third kappa shape index (κ3) is 5.13. The molecule has 1 aliphatic heterocycles. The maximum Gasteiger partial charge on any atom is 0.343 e. The van der Waals surface area contributed by atoms with Gasteiger partial charge < -0.3 is 19.9 Å². The number of amides is 3. The molecule has 1 heterocycles. The lowest BCUT2D eigenvalue weighted by Crippen LogP contribution is -2.36. The first kappa shape index (κ1) is 21.0. The number of benzene rings is 1. The van der Waals surface area contributed by atoms with E-state index in [-0.39, 0.29) is 11.5 Å². The molecule has 1 aromatic rings. The fourth-order valence-electron chi connectivity index (χ4n) is 2.10. The van der Waals surface area contributed by atoms with Crippen molar-refractivity contribution in [2.24, 2.45) is 5.73 Å². The monoisotopic (exact) mass is 506 g/mol. The molecule has 1 aliphatic rings. The van der Waals surface area contributed by atoms with E-state index in [0.29, 0.717) is 32.4 Å². The van der Waals surface area contributed by atoms with Crippen molar-refractivity contribution in [2.45, 2.75) is 0 Å². The minimum absolute atomic E-state index is 0.155. The molecular formula is C16H15IN2O7S. The van der Waals surface area contributed by atoms with Gasteiger partial charge >= 0.3 is 5.97 Å². The first-order chi connectivity index (χ1) is 12.8. The zero-order valence-electron chi connectivity index (χ0n) is 14.3. The molecular weight excluding hydrogens is 491 g/mol. The van der Waals surface area contributed by atoms with Gasteiger partial charge in [0.2, 0.25) is 5.91 Å². The van der Waals surface area contributed by atoms with Gasteiger partial charge in [0.1, 0.15) is 6.54 Å². The number of imide groups is 1. The third-order valence-corrected chi connectivity index (χ3v) is 5.01. The van der Waals surface area contributed by atoms with E-state index >= 15 is 0 Å². The number of carbonyl (C=O) groups excluding carboxylic acids is 4. The summed E-state index contributed by atoms with van der Waals surface area (Å²) in [6.07, 6.45) is 1.50. The van der Waals surface area contributed by atoms with Crippen LogP contribution in [-0.2, 0) is 19.1 Å². The number of rotatable bonds is 7. The van der Waals surface area contributed by atoms with Gasteiger partial charge in [-0.3, -0.25) is 19.3 Å². The molecule has 1 saturated heterocycles. The number of hydrogen-bond donors (Lipinski definition) is 1. The molecule has 2 N–H and O–H groups in total. The summed E-state index contributed by atoms with van der Waals surface area (Å²) in [5, 5.41) is -0.565. The highest BCUT2D eigenvalue weighted by Crippen LogP contribution is 2.37. The number of hydrogen-bond acceptors (Lipinski definition) is 8. The second kappa shape index (κ2) is 9.08. The van der Waals surface area contributed by atoms with Gasteiger partial charge in [0.25, 0.3) is 11.1 Å². The van der Waals surface area contributed by atoms with Crippen LogP contribution in [0.1, 0.15) is 5.56 Å². The van der Waals surface area contributed by atoms with Crippen LogP contribution in [0.5, 0.6) is 11.5 Å². The smallest absolute Gasteiger partial charge is 0.343 e. The number of ether oxygens (including phenoxy) is 3. The summed E-state index contributed by atoms with van der Waals surface area (Å²) >= 11 is 2.71. The molecule has 0 atom stereocenters. The number of nitrogens with zero attached hydrogens (tertiary/aromatic N) is 1. The maximum absolute atomic E-state index is 12.3. The Morgan fingerprint density at radius 2 is 2.00 bits per heavy atom. The van der Waals surface area contributed by atoms with Crippen LogP contribution in [0.2, 0.25) is 0 Å². The Morgan fingerprint density at radius 3 is 2.59 bits per heavy atom. The fourth-order valence-corrected chi connectivity index (χ4v) is 3.72. The van der Waals surface area contributed by atoms with Gasteiger partial charge in [-0.25, -0.2) is 4.79 Å². The minimum atomic E-state index is -0.776. The van der Waals surface area contributed by atoms with Crippen LogP contribution in [0.4, 0.5) is 4.79 Å². The van der Waals surface area contributed by atoms with Crippen LogP contribution in [0.3, 0.4) is 0 Å². The van der Waals surface area contributed by atoms with Crippen LogP contribution in [-0.4, -0.2) is 55.3 Å². The number of primary amides is 1. The summed E-state index contributed by atoms with van der Waals surface area (Å²) in [6, 6.07) is 3.29. The predicted molar refractivity (Wildman–Crippen MR) is 105 cm³/mol. The van der Waals surface area contributed by atoms with E-state index in [0.717, 1.165) is 4.90 Å². The number of halogens is 1. The average molecular weight is 506 g/mol. The molecule has 0 spiro atoms. The Kier molecular flexibility index (Phi) is 7.07. The average Bonchev–Trinajstić information content (AvgIpc) is 2.87. The Labute approximate surface area is 172 Å². The summed E-state index contributed by atoms with van der Waals surface area (Å²) in [7, 11) is 2.68. The lowest BCUT2D eigenvalue weighted by atomic mass is 10.2. The van der Waals surface area contributed by atoms with Crippen LogP contribution >= 0.6 is 34.4 Å². The van der Waals surface area contributed by atoms with E-state index in [2.05, 4.69) is 4.74 Å². The maximum atomic E-state index is 12.3. The highest BCUT2D eigenvalue weighted by Gasteiger charge is 2.35. The van der Waals surface area contributed by atoms with Gasteiger partial charge in [0, 0.05) is 0 Å². The van der Waals surface area contributed by atoms with E-state index in [9.17, 15) is 19.2 Å². The quantitative estimate of drug-likeness (QED) is 0.334. The molecule has 1 aromatic carbocycles. The topological polar surface area (TPSA) is 125 Å². The molecule has 144 valence electrons. The Bertz CT molecular complexity index is 840. The second-order valence-corrected chi connectivity index (χ2v) is 7.29. The van der Waals surface area contributed by atoms with E-state index < -0.39 is 29.6 Å². The Hall–Kier alpha value is -2.28. The van der Waals surface area contributed by atoms with Crippen LogP contribution in [0.15, 0.2) is 17.0 Å². The van der Waals surface area contributed by atoms with Gasteiger partial charge in [0.05, 0.1) is 22.7 Å². The first-order valence-electron chi connectivity index (χ1n) is 7.37.